The number of ether oxygens (including phenoxy) is 2. The highest BCUT2D eigenvalue weighted by molar-refractivity contribution is 6.01. The maximum absolute atomic E-state index is 12.4. The van der Waals surface area contributed by atoms with E-state index in [-0.39, 0.29) is 30.1 Å². The molecule has 29 heavy (non-hydrogen) atoms. The number of para-hydroxylation sites is 1. The van der Waals surface area contributed by atoms with Crippen molar-refractivity contribution >= 4 is 11.7 Å². The van der Waals surface area contributed by atoms with Gasteiger partial charge in [0.05, 0.1) is 6.54 Å². The molecule has 2 aromatic rings. The Morgan fingerprint density at radius 2 is 2.10 bits per heavy atom. The van der Waals surface area contributed by atoms with Crippen LogP contribution in [-0.2, 0) is 12.8 Å². The van der Waals surface area contributed by atoms with Crippen molar-refractivity contribution in [3.8, 4) is 11.5 Å². The van der Waals surface area contributed by atoms with E-state index >= 15 is 0 Å². The summed E-state index contributed by atoms with van der Waals surface area (Å²) in [5.41, 5.74) is 1.37. The van der Waals surface area contributed by atoms with E-state index in [0.717, 1.165) is 24.2 Å². The van der Waals surface area contributed by atoms with Crippen LogP contribution in [0.4, 0.5) is 0 Å². The maximum Gasteiger partial charge on any atom is 0.261 e. The van der Waals surface area contributed by atoms with Gasteiger partial charge in [0.25, 0.3) is 11.5 Å². The van der Waals surface area contributed by atoms with Crippen molar-refractivity contribution in [1.29, 1.82) is 0 Å². The Morgan fingerprint density at radius 1 is 1.28 bits per heavy atom. The fraction of sp³-hybridized carbons (Fsp3) is 0.409. The first-order valence-corrected chi connectivity index (χ1v) is 9.85. The van der Waals surface area contributed by atoms with E-state index in [1.54, 1.807) is 0 Å². The lowest BCUT2D eigenvalue weighted by atomic mass is 9.93. The number of rotatable bonds is 5. The van der Waals surface area contributed by atoms with E-state index in [1.807, 2.05) is 32.0 Å². The van der Waals surface area contributed by atoms with Gasteiger partial charge < -0.3 is 19.8 Å². The third kappa shape index (κ3) is 3.90. The summed E-state index contributed by atoms with van der Waals surface area (Å²) in [6, 6.07) is 7.18. The minimum Gasteiger partial charge on any atom is -0.488 e. The number of nitrogens with one attached hydrogen (secondary N) is 2. The first-order chi connectivity index (χ1) is 13.8. The van der Waals surface area contributed by atoms with Gasteiger partial charge >= 0.3 is 0 Å². The Labute approximate surface area is 168 Å². The zero-order valence-corrected chi connectivity index (χ0v) is 16.6. The lowest BCUT2D eigenvalue weighted by Gasteiger charge is -2.18. The van der Waals surface area contributed by atoms with Crippen molar-refractivity contribution < 1.29 is 19.1 Å². The molecule has 1 amide bonds. The summed E-state index contributed by atoms with van der Waals surface area (Å²) in [7, 11) is 0. The third-order valence-electron chi connectivity index (χ3n) is 5.20. The lowest BCUT2D eigenvalue weighted by Crippen LogP contribution is -2.34. The SMILES string of the molecule is CC1(C)Cc2cccc(OCCNC(=O)c3cc4c([nH]c3=O)CCCC4=O)c2O1. The van der Waals surface area contributed by atoms with Crippen LogP contribution in [0.5, 0.6) is 11.5 Å². The topological polar surface area (TPSA) is 97.5 Å². The Morgan fingerprint density at radius 3 is 2.93 bits per heavy atom. The van der Waals surface area contributed by atoms with Crippen LogP contribution in [0.2, 0.25) is 0 Å². The molecular formula is C22H24N2O5. The summed E-state index contributed by atoms with van der Waals surface area (Å²) in [5, 5.41) is 2.68. The maximum atomic E-state index is 12.4. The summed E-state index contributed by atoms with van der Waals surface area (Å²) in [5.74, 6) is 0.820. The second-order valence-corrected chi connectivity index (χ2v) is 8.07. The van der Waals surface area contributed by atoms with Gasteiger partial charge in [-0.1, -0.05) is 12.1 Å². The summed E-state index contributed by atoms with van der Waals surface area (Å²) >= 11 is 0. The second-order valence-electron chi connectivity index (χ2n) is 8.07. The van der Waals surface area contributed by atoms with E-state index in [2.05, 4.69) is 10.3 Å². The van der Waals surface area contributed by atoms with E-state index < -0.39 is 11.5 Å². The first-order valence-electron chi connectivity index (χ1n) is 9.85. The molecule has 0 radical (unpaired) electrons. The molecule has 1 aromatic heterocycles. The number of carbonyl (C=O) groups is 2. The number of hydrogen-bond donors (Lipinski definition) is 2. The van der Waals surface area contributed by atoms with Crippen LogP contribution >= 0.6 is 0 Å². The van der Waals surface area contributed by atoms with Crippen LogP contribution < -0.4 is 20.3 Å². The largest absolute Gasteiger partial charge is 0.488 e. The van der Waals surface area contributed by atoms with Crippen molar-refractivity contribution in [3.63, 3.8) is 0 Å². The highest BCUT2D eigenvalue weighted by Gasteiger charge is 2.32. The molecule has 0 unspecified atom stereocenters. The smallest absolute Gasteiger partial charge is 0.261 e. The van der Waals surface area contributed by atoms with Crippen LogP contribution in [-0.4, -0.2) is 35.4 Å². The Balaban J connectivity index is 1.37. The first kappa shape index (κ1) is 19.2. The van der Waals surface area contributed by atoms with Gasteiger partial charge in [-0.25, -0.2) is 0 Å². The third-order valence-corrected chi connectivity index (χ3v) is 5.20. The lowest BCUT2D eigenvalue weighted by molar-refractivity contribution is 0.0944. The standard InChI is InChI=1S/C22H24N2O5/c1-22(2)12-13-5-3-8-18(19(13)29-22)28-10-9-23-20(26)15-11-14-16(24-21(15)27)6-4-7-17(14)25/h3,5,8,11H,4,6-7,9-10,12H2,1-2H3,(H,23,26)(H,24,27). The van der Waals surface area contributed by atoms with Crippen molar-refractivity contribution in [2.24, 2.45) is 0 Å². The Kier molecular flexibility index (Phi) is 4.90. The zero-order valence-electron chi connectivity index (χ0n) is 16.6. The summed E-state index contributed by atoms with van der Waals surface area (Å²) in [6.07, 6.45) is 2.62. The van der Waals surface area contributed by atoms with Crippen LogP contribution in [0, 0.1) is 0 Å². The number of fused-ring (bicyclic) bond motifs is 2. The molecule has 1 aromatic carbocycles. The number of benzene rings is 1. The molecule has 1 aliphatic carbocycles. The van der Waals surface area contributed by atoms with E-state index in [0.29, 0.717) is 29.8 Å². The molecular weight excluding hydrogens is 372 g/mol. The monoisotopic (exact) mass is 396 g/mol. The van der Waals surface area contributed by atoms with Crippen LogP contribution in [0.3, 0.4) is 0 Å². The molecule has 0 spiro atoms. The predicted molar refractivity (Wildman–Crippen MR) is 107 cm³/mol. The average Bonchev–Trinajstić information content (AvgIpc) is 2.99. The number of carbonyl (C=O) groups excluding carboxylic acids is 2. The van der Waals surface area contributed by atoms with E-state index in [9.17, 15) is 14.4 Å². The molecule has 0 saturated carbocycles. The average molecular weight is 396 g/mol. The van der Waals surface area contributed by atoms with Crippen molar-refractivity contribution in [3.05, 3.63) is 57.0 Å². The van der Waals surface area contributed by atoms with Gasteiger partial charge in [0.15, 0.2) is 17.3 Å². The number of aryl methyl sites for hydroxylation is 1. The summed E-state index contributed by atoms with van der Waals surface area (Å²) in [4.78, 5) is 39.3. The Bertz CT molecular complexity index is 1040. The molecule has 1 aliphatic heterocycles. The molecule has 4 rings (SSSR count). The van der Waals surface area contributed by atoms with Crippen LogP contribution in [0.25, 0.3) is 0 Å². The molecule has 0 fully saturated rings. The molecule has 7 heteroatoms. The second kappa shape index (κ2) is 7.39. The quantitative estimate of drug-likeness (QED) is 0.757. The highest BCUT2D eigenvalue weighted by atomic mass is 16.5. The van der Waals surface area contributed by atoms with Gasteiger partial charge in [-0.05, 0) is 38.8 Å². The molecule has 7 nitrogen and oxygen atoms in total. The minimum absolute atomic E-state index is 0.0410. The summed E-state index contributed by atoms with van der Waals surface area (Å²) < 4.78 is 11.7. The molecule has 2 N–H and O–H groups in total. The van der Waals surface area contributed by atoms with Gasteiger partial charge in [-0.2, -0.15) is 0 Å². The predicted octanol–water partition coefficient (Wildman–Crippen LogP) is 2.42. The van der Waals surface area contributed by atoms with Gasteiger partial charge in [-0.15, -0.1) is 0 Å². The number of aromatic nitrogens is 1. The van der Waals surface area contributed by atoms with Crippen molar-refractivity contribution in [2.75, 3.05) is 13.2 Å². The summed E-state index contributed by atoms with van der Waals surface area (Å²) in [6.45, 7) is 4.50. The Hall–Kier alpha value is -3.09. The van der Waals surface area contributed by atoms with Crippen LogP contribution in [0.15, 0.2) is 29.1 Å². The molecule has 2 aliphatic rings. The highest BCUT2D eigenvalue weighted by Crippen LogP contribution is 2.41. The van der Waals surface area contributed by atoms with Crippen molar-refractivity contribution in [1.82, 2.24) is 10.3 Å². The number of Topliss-reactive ketones (excluding diaryl/α,β-unsaturated/α-hetero) is 1. The van der Waals surface area contributed by atoms with Gasteiger partial charge in [0, 0.05) is 29.7 Å². The zero-order chi connectivity index (χ0) is 20.6. The molecule has 0 bridgehead atoms. The minimum atomic E-state index is -0.522. The molecule has 152 valence electrons. The number of H-pyrrole nitrogens is 1. The fourth-order valence-electron chi connectivity index (χ4n) is 3.87. The van der Waals surface area contributed by atoms with Gasteiger partial charge in [0.1, 0.15) is 17.8 Å². The molecule has 0 saturated heterocycles. The normalized spacial score (nSPS) is 16.6. The number of pyridine rings is 1. The number of ketones is 1. The molecule has 2 heterocycles. The fourth-order valence-corrected chi connectivity index (χ4v) is 3.87. The van der Waals surface area contributed by atoms with Gasteiger partial charge in [-0.3, -0.25) is 14.4 Å². The van der Waals surface area contributed by atoms with Gasteiger partial charge in [0.2, 0.25) is 0 Å². The van der Waals surface area contributed by atoms with E-state index in [1.165, 1.54) is 6.07 Å². The number of hydrogen-bond acceptors (Lipinski definition) is 5. The van der Waals surface area contributed by atoms with Crippen LogP contribution in [0.1, 0.15) is 58.7 Å². The van der Waals surface area contributed by atoms with E-state index in [4.69, 9.17) is 9.47 Å². The number of aromatic amines is 1. The molecule has 0 atom stereocenters. The van der Waals surface area contributed by atoms with Crippen molar-refractivity contribution in [2.45, 2.75) is 45.1 Å². The number of amides is 1.